The van der Waals surface area contributed by atoms with Crippen molar-refractivity contribution in [1.82, 2.24) is 0 Å². The van der Waals surface area contributed by atoms with Crippen molar-refractivity contribution in [2.45, 2.75) is 34.0 Å². The zero-order valence-corrected chi connectivity index (χ0v) is 11.0. The minimum Gasteiger partial charge on any atom is -0.465 e. The lowest BCUT2D eigenvalue weighted by atomic mass is 10.1. The number of carbonyl (C=O) groups is 1. The summed E-state index contributed by atoms with van der Waals surface area (Å²) < 4.78 is 32.4. The van der Waals surface area contributed by atoms with Gasteiger partial charge < -0.3 is 9.47 Å². The van der Waals surface area contributed by atoms with Crippen molar-refractivity contribution in [3.63, 3.8) is 0 Å². The molecular weight excluding hydrogens is 242 g/mol. The molecule has 0 heterocycles. The molecule has 0 aliphatic rings. The molecule has 1 aromatic carbocycles. The molecule has 0 unspecified atom stereocenters. The van der Waals surface area contributed by atoms with E-state index >= 15 is 0 Å². The summed E-state index contributed by atoms with van der Waals surface area (Å²) in [4.78, 5) is 11.2. The van der Waals surface area contributed by atoms with Gasteiger partial charge in [-0.15, -0.1) is 0 Å². The molecule has 18 heavy (non-hydrogen) atoms. The van der Waals surface area contributed by atoms with Crippen molar-refractivity contribution in [3.05, 3.63) is 34.9 Å². The Hall–Kier alpha value is -1.49. The Morgan fingerprint density at radius 2 is 1.89 bits per heavy atom. The first-order valence-electron chi connectivity index (χ1n) is 5.61. The van der Waals surface area contributed by atoms with Crippen LogP contribution in [0.1, 0.15) is 35.3 Å². The van der Waals surface area contributed by atoms with Crippen LogP contribution >= 0.6 is 0 Å². The van der Waals surface area contributed by atoms with E-state index in [-0.39, 0.29) is 6.61 Å². The van der Waals surface area contributed by atoms with E-state index in [4.69, 9.17) is 0 Å². The van der Waals surface area contributed by atoms with Crippen LogP contribution < -0.4 is 0 Å². The fourth-order valence-electron chi connectivity index (χ4n) is 1.34. The molecular formula is C13H18F2O3. The number of alkyl halides is 2. The number of halogens is 2. The summed E-state index contributed by atoms with van der Waals surface area (Å²) in [5.41, 5.74) is 1.63. The van der Waals surface area contributed by atoms with Gasteiger partial charge in [0.05, 0.1) is 19.3 Å². The average molecular weight is 260 g/mol. The molecule has 1 rings (SSSR count). The van der Waals surface area contributed by atoms with Gasteiger partial charge in [-0.25, -0.2) is 4.79 Å². The number of benzene rings is 1. The Labute approximate surface area is 106 Å². The number of esters is 1. The minimum absolute atomic E-state index is 0.233. The van der Waals surface area contributed by atoms with Gasteiger partial charge in [0.2, 0.25) is 0 Å². The highest BCUT2D eigenvalue weighted by Gasteiger charge is 2.09. The molecule has 0 aliphatic carbocycles. The van der Waals surface area contributed by atoms with Crippen LogP contribution in [0.25, 0.3) is 0 Å². The van der Waals surface area contributed by atoms with Gasteiger partial charge in [-0.2, -0.15) is 8.78 Å². The van der Waals surface area contributed by atoms with Crippen molar-refractivity contribution >= 4 is 5.97 Å². The van der Waals surface area contributed by atoms with Gasteiger partial charge in [0.1, 0.15) is 0 Å². The summed E-state index contributed by atoms with van der Waals surface area (Å²) in [6, 6.07) is 4.77. The smallest absolute Gasteiger partial charge is 0.345 e. The lowest BCUT2D eigenvalue weighted by molar-refractivity contribution is -0.137. The maximum absolute atomic E-state index is 11.8. The molecule has 0 fully saturated rings. The molecule has 0 amide bonds. The zero-order valence-electron chi connectivity index (χ0n) is 11.0. The standard InChI is InChI=1S/C11H12F2O3.C2H6/c1-7-3-8(6-16-11(12)13)5-9(4-7)10(14)15-2;1-2/h3-5,11H,6H2,1-2H3;1-2H3. The third-order valence-corrected chi connectivity index (χ3v) is 1.93. The largest absolute Gasteiger partial charge is 0.465 e. The summed E-state index contributed by atoms with van der Waals surface area (Å²) in [6.07, 6.45) is 0. The number of rotatable bonds is 4. The highest BCUT2D eigenvalue weighted by Crippen LogP contribution is 2.13. The van der Waals surface area contributed by atoms with E-state index < -0.39 is 12.6 Å². The predicted molar refractivity (Wildman–Crippen MR) is 64.7 cm³/mol. The second kappa shape index (κ2) is 8.58. The van der Waals surface area contributed by atoms with E-state index in [2.05, 4.69) is 9.47 Å². The van der Waals surface area contributed by atoms with Gasteiger partial charge in [0.25, 0.3) is 0 Å². The highest BCUT2D eigenvalue weighted by atomic mass is 19.3. The second-order valence-corrected chi connectivity index (χ2v) is 3.27. The molecule has 0 aromatic heterocycles. The van der Waals surface area contributed by atoms with Crippen LogP contribution in [-0.2, 0) is 16.1 Å². The predicted octanol–water partition coefficient (Wildman–Crippen LogP) is 3.55. The third kappa shape index (κ3) is 5.72. The summed E-state index contributed by atoms with van der Waals surface area (Å²) in [7, 11) is 1.26. The van der Waals surface area contributed by atoms with E-state index in [0.717, 1.165) is 5.56 Å². The normalized spacial score (nSPS) is 9.72. The van der Waals surface area contributed by atoms with Crippen LogP contribution in [0.5, 0.6) is 0 Å². The van der Waals surface area contributed by atoms with Crippen molar-refractivity contribution in [3.8, 4) is 0 Å². The topological polar surface area (TPSA) is 35.5 Å². The van der Waals surface area contributed by atoms with Gasteiger partial charge in [0.15, 0.2) is 0 Å². The van der Waals surface area contributed by atoms with Gasteiger partial charge in [0, 0.05) is 0 Å². The van der Waals surface area contributed by atoms with Gasteiger partial charge >= 0.3 is 12.6 Å². The van der Waals surface area contributed by atoms with Crippen LogP contribution in [0.2, 0.25) is 0 Å². The van der Waals surface area contributed by atoms with Crippen molar-refractivity contribution in [2.75, 3.05) is 7.11 Å². The molecule has 0 radical (unpaired) electrons. The third-order valence-electron chi connectivity index (χ3n) is 1.93. The maximum Gasteiger partial charge on any atom is 0.345 e. The molecule has 1 aromatic rings. The minimum atomic E-state index is -2.82. The van der Waals surface area contributed by atoms with E-state index in [1.165, 1.54) is 13.2 Å². The average Bonchev–Trinajstić information content (AvgIpc) is 2.37. The zero-order chi connectivity index (χ0) is 14.1. The summed E-state index contributed by atoms with van der Waals surface area (Å²) in [5, 5.41) is 0. The van der Waals surface area contributed by atoms with Gasteiger partial charge in [-0.1, -0.05) is 19.9 Å². The quantitative estimate of drug-likeness (QED) is 0.777. The molecule has 0 spiro atoms. The molecule has 0 atom stereocenters. The van der Waals surface area contributed by atoms with Gasteiger partial charge in [-0.3, -0.25) is 0 Å². The highest BCUT2D eigenvalue weighted by molar-refractivity contribution is 5.89. The van der Waals surface area contributed by atoms with Gasteiger partial charge in [-0.05, 0) is 30.2 Å². The van der Waals surface area contributed by atoms with E-state index in [1.807, 2.05) is 13.8 Å². The Balaban J connectivity index is 0.00000137. The summed E-state index contributed by atoms with van der Waals surface area (Å²) >= 11 is 0. The van der Waals surface area contributed by atoms with Crippen LogP contribution in [0.15, 0.2) is 18.2 Å². The first kappa shape index (κ1) is 16.5. The number of methoxy groups -OCH3 is 1. The van der Waals surface area contributed by atoms with Crippen LogP contribution in [0.3, 0.4) is 0 Å². The second-order valence-electron chi connectivity index (χ2n) is 3.27. The van der Waals surface area contributed by atoms with E-state index in [0.29, 0.717) is 11.1 Å². The summed E-state index contributed by atoms with van der Waals surface area (Å²) in [6.45, 7) is 2.71. The fraction of sp³-hybridized carbons (Fsp3) is 0.462. The van der Waals surface area contributed by atoms with Crippen molar-refractivity contribution < 1.29 is 23.0 Å². The lowest BCUT2D eigenvalue weighted by Crippen LogP contribution is -2.04. The Bertz CT molecular complexity index is 378. The molecule has 102 valence electrons. The van der Waals surface area contributed by atoms with E-state index in [9.17, 15) is 13.6 Å². The number of hydrogen-bond donors (Lipinski definition) is 0. The van der Waals surface area contributed by atoms with Crippen LogP contribution in [-0.4, -0.2) is 19.7 Å². The maximum atomic E-state index is 11.8. The monoisotopic (exact) mass is 260 g/mol. The Kier molecular flexibility index (Phi) is 7.87. The van der Waals surface area contributed by atoms with Crippen LogP contribution in [0.4, 0.5) is 8.78 Å². The SMILES string of the molecule is CC.COC(=O)c1cc(C)cc(COC(F)F)c1. The van der Waals surface area contributed by atoms with Crippen LogP contribution in [0, 0.1) is 6.92 Å². The molecule has 0 saturated carbocycles. The number of aryl methyl sites for hydroxylation is 1. The number of carbonyl (C=O) groups excluding carboxylic acids is 1. The van der Waals surface area contributed by atoms with Crippen molar-refractivity contribution in [1.29, 1.82) is 0 Å². The van der Waals surface area contributed by atoms with E-state index in [1.54, 1.807) is 19.1 Å². The molecule has 0 N–H and O–H groups in total. The fourth-order valence-corrected chi connectivity index (χ4v) is 1.34. The molecule has 0 bridgehead atoms. The molecule has 3 nitrogen and oxygen atoms in total. The Morgan fingerprint density at radius 1 is 1.28 bits per heavy atom. The molecule has 0 aliphatic heterocycles. The number of ether oxygens (including phenoxy) is 2. The first-order chi connectivity index (χ1) is 8.52. The van der Waals surface area contributed by atoms with Crippen molar-refractivity contribution in [2.24, 2.45) is 0 Å². The molecule has 0 saturated heterocycles. The lowest BCUT2D eigenvalue weighted by Gasteiger charge is -2.06. The Morgan fingerprint density at radius 3 is 2.39 bits per heavy atom. The number of hydrogen-bond acceptors (Lipinski definition) is 3. The first-order valence-corrected chi connectivity index (χ1v) is 5.61. The summed E-state index contributed by atoms with van der Waals surface area (Å²) in [5.74, 6) is -0.498. The molecule has 5 heteroatoms.